The van der Waals surface area contributed by atoms with Crippen molar-refractivity contribution in [3.63, 3.8) is 0 Å². The molecule has 206 valence electrons. The molecule has 1 spiro atoms. The summed E-state index contributed by atoms with van der Waals surface area (Å²) < 4.78 is 11.4. The molecule has 9 nitrogen and oxygen atoms in total. The number of H-pyrrole nitrogens is 1. The van der Waals surface area contributed by atoms with Crippen LogP contribution in [0.4, 0.5) is 11.4 Å². The van der Waals surface area contributed by atoms with Crippen molar-refractivity contribution in [2.24, 2.45) is 11.8 Å². The fraction of sp³-hybridized carbons (Fsp3) is 0.281. The van der Waals surface area contributed by atoms with Gasteiger partial charge < -0.3 is 19.8 Å². The molecule has 4 aliphatic heterocycles. The van der Waals surface area contributed by atoms with Gasteiger partial charge in [0.25, 0.3) is 0 Å². The summed E-state index contributed by atoms with van der Waals surface area (Å²) in [5.74, 6) is -1.60. The summed E-state index contributed by atoms with van der Waals surface area (Å²) >= 11 is 0. The number of nitrogens with zero attached hydrogens (tertiary/aromatic N) is 1. The Morgan fingerprint density at radius 3 is 2.61 bits per heavy atom. The lowest BCUT2D eigenvalue weighted by Crippen LogP contribution is -2.53. The third kappa shape index (κ3) is 3.23. The largest absolute Gasteiger partial charge is 0.486 e. The molecule has 0 unspecified atom stereocenters. The number of aryl methyl sites for hydroxylation is 1. The third-order valence-electron chi connectivity index (χ3n) is 9.12. The molecule has 5 heterocycles. The van der Waals surface area contributed by atoms with Gasteiger partial charge in [-0.25, -0.2) is 4.90 Å². The predicted octanol–water partition coefficient (Wildman–Crippen LogP) is 3.67. The number of para-hydroxylation sites is 2. The van der Waals surface area contributed by atoms with Crippen LogP contribution in [-0.2, 0) is 32.8 Å². The molecule has 0 bridgehead atoms. The number of imide groups is 1. The van der Waals surface area contributed by atoms with E-state index in [-0.39, 0.29) is 11.8 Å². The lowest BCUT2D eigenvalue weighted by atomic mass is 9.76. The first kappa shape index (κ1) is 24.2. The Morgan fingerprint density at radius 1 is 0.927 bits per heavy atom. The van der Waals surface area contributed by atoms with Gasteiger partial charge in [0.2, 0.25) is 17.7 Å². The van der Waals surface area contributed by atoms with Crippen molar-refractivity contribution in [2.45, 2.75) is 31.3 Å². The van der Waals surface area contributed by atoms with Crippen LogP contribution in [0.2, 0.25) is 0 Å². The number of hydrogen-bond donors (Lipinski definition) is 3. The van der Waals surface area contributed by atoms with E-state index >= 15 is 0 Å². The van der Waals surface area contributed by atoms with Gasteiger partial charge in [0, 0.05) is 40.5 Å². The van der Waals surface area contributed by atoms with E-state index in [2.05, 4.69) is 15.6 Å². The first-order valence-electron chi connectivity index (χ1n) is 14.0. The van der Waals surface area contributed by atoms with Crippen molar-refractivity contribution in [2.75, 3.05) is 23.4 Å². The first-order valence-corrected chi connectivity index (χ1v) is 14.0. The maximum atomic E-state index is 14.4. The van der Waals surface area contributed by atoms with Crippen molar-refractivity contribution in [3.8, 4) is 11.5 Å². The van der Waals surface area contributed by atoms with Crippen LogP contribution < -0.4 is 25.0 Å². The molecule has 0 aliphatic carbocycles. The van der Waals surface area contributed by atoms with E-state index in [0.29, 0.717) is 36.8 Å². The summed E-state index contributed by atoms with van der Waals surface area (Å²) in [6.45, 7) is 2.86. The lowest BCUT2D eigenvalue weighted by Gasteiger charge is -2.30. The monoisotopic (exact) mass is 548 g/mol. The summed E-state index contributed by atoms with van der Waals surface area (Å²) in [5.41, 5.74) is 3.52. The number of aromatic amines is 1. The molecule has 8 rings (SSSR count). The zero-order valence-electron chi connectivity index (χ0n) is 22.4. The number of aromatic nitrogens is 1. The molecule has 3 aromatic carbocycles. The molecule has 0 radical (unpaired) electrons. The molecule has 3 N–H and O–H groups in total. The van der Waals surface area contributed by atoms with Gasteiger partial charge in [-0.3, -0.25) is 19.7 Å². The number of carbonyl (C=O) groups excluding carboxylic acids is 3. The molecule has 0 saturated carbocycles. The molecule has 4 atom stereocenters. The minimum Gasteiger partial charge on any atom is -0.486 e. The number of carbonyl (C=O) groups is 3. The van der Waals surface area contributed by atoms with E-state index in [4.69, 9.17) is 9.47 Å². The highest BCUT2D eigenvalue weighted by Gasteiger charge is 2.70. The molecule has 2 fully saturated rings. The Labute approximate surface area is 235 Å². The standard InChI is InChI=1S/C32H28N4O5/c1-2-17-6-5-8-21-28(17)34-31(39)32(21)27-26(23(35-32)14-18-16-33-22-9-4-3-7-20(18)22)29(37)36(30(27)38)19-10-11-24-25(15-19)41-13-12-40-24/h3-11,15-16,23,26-27,33,35H,2,12-14H2,1H3,(H,34,39)/t23-,26-,27+,32-/m1/s1. The summed E-state index contributed by atoms with van der Waals surface area (Å²) in [6, 6.07) is 18.4. The molecule has 4 aromatic rings. The van der Waals surface area contributed by atoms with Crippen molar-refractivity contribution >= 4 is 40.0 Å². The Kier molecular flexibility index (Phi) is 5.12. The second-order valence-corrected chi connectivity index (χ2v) is 11.1. The van der Waals surface area contributed by atoms with Crippen molar-refractivity contribution in [1.82, 2.24) is 10.3 Å². The van der Waals surface area contributed by atoms with E-state index in [0.717, 1.165) is 39.7 Å². The Hall–Kier alpha value is -4.63. The normalized spacial score (nSPS) is 26.1. The number of hydrogen-bond acceptors (Lipinski definition) is 6. The second kappa shape index (κ2) is 8.68. The second-order valence-electron chi connectivity index (χ2n) is 11.1. The number of rotatable bonds is 4. The summed E-state index contributed by atoms with van der Waals surface area (Å²) in [4.78, 5) is 47.3. The zero-order valence-corrected chi connectivity index (χ0v) is 22.4. The molecule has 3 amide bonds. The summed E-state index contributed by atoms with van der Waals surface area (Å²) in [5, 5.41) is 7.70. The van der Waals surface area contributed by atoms with Crippen molar-refractivity contribution in [1.29, 1.82) is 0 Å². The van der Waals surface area contributed by atoms with Crippen LogP contribution in [0.5, 0.6) is 11.5 Å². The minimum atomic E-state index is -1.36. The molecular weight excluding hydrogens is 520 g/mol. The van der Waals surface area contributed by atoms with Crippen LogP contribution in [0.1, 0.15) is 23.6 Å². The Morgan fingerprint density at radius 2 is 1.76 bits per heavy atom. The highest BCUT2D eigenvalue weighted by molar-refractivity contribution is 6.26. The van der Waals surface area contributed by atoms with Crippen molar-refractivity contribution < 1.29 is 23.9 Å². The fourth-order valence-corrected chi connectivity index (χ4v) is 7.32. The van der Waals surface area contributed by atoms with Gasteiger partial charge in [-0.1, -0.05) is 43.3 Å². The summed E-state index contributed by atoms with van der Waals surface area (Å²) in [7, 11) is 0. The number of benzene rings is 3. The molecular formula is C32H28N4O5. The zero-order chi connectivity index (χ0) is 27.9. The van der Waals surface area contributed by atoms with Crippen LogP contribution >= 0.6 is 0 Å². The predicted molar refractivity (Wildman–Crippen MR) is 152 cm³/mol. The van der Waals surface area contributed by atoms with Crippen LogP contribution in [0.3, 0.4) is 0 Å². The summed E-state index contributed by atoms with van der Waals surface area (Å²) in [6.07, 6.45) is 3.14. The maximum absolute atomic E-state index is 14.4. The minimum absolute atomic E-state index is 0.296. The number of anilines is 2. The van der Waals surface area contributed by atoms with E-state index in [1.807, 2.05) is 55.6 Å². The maximum Gasteiger partial charge on any atom is 0.250 e. The van der Waals surface area contributed by atoms with Crippen LogP contribution in [0.25, 0.3) is 10.9 Å². The van der Waals surface area contributed by atoms with E-state index in [9.17, 15) is 14.4 Å². The topological polar surface area (TPSA) is 113 Å². The third-order valence-corrected chi connectivity index (χ3v) is 9.12. The van der Waals surface area contributed by atoms with E-state index < -0.39 is 29.3 Å². The quantitative estimate of drug-likeness (QED) is 0.336. The first-order chi connectivity index (χ1) is 20.0. The molecule has 4 aliphatic rings. The fourth-order valence-electron chi connectivity index (χ4n) is 7.32. The molecule has 9 heteroatoms. The number of ether oxygens (including phenoxy) is 2. The van der Waals surface area contributed by atoms with Crippen LogP contribution in [0.15, 0.2) is 66.9 Å². The van der Waals surface area contributed by atoms with E-state index in [1.54, 1.807) is 18.2 Å². The van der Waals surface area contributed by atoms with Crippen LogP contribution in [0, 0.1) is 11.8 Å². The Bertz CT molecular complexity index is 1780. The van der Waals surface area contributed by atoms with Gasteiger partial charge in [-0.15, -0.1) is 0 Å². The highest BCUT2D eigenvalue weighted by Crippen LogP contribution is 2.55. The molecule has 41 heavy (non-hydrogen) atoms. The lowest BCUT2D eigenvalue weighted by molar-refractivity contribution is -0.130. The number of nitrogens with one attached hydrogen (secondary N) is 3. The van der Waals surface area contributed by atoms with Gasteiger partial charge in [0.15, 0.2) is 11.5 Å². The number of amides is 3. The van der Waals surface area contributed by atoms with Gasteiger partial charge in [-0.2, -0.15) is 0 Å². The molecule has 2 saturated heterocycles. The smallest absolute Gasteiger partial charge is 0.250 e. The van der Waals surface area contributed by atoms with E-state index in [1.165, 1.54) is 4.90 Å². The average molecular weight is 549 g/mol. The number of fused-ring (bicyclic) bond motifs is 6. The van der Waals surface area contributed by atoms with Gasteiger partial charge in [-0.05, 0) is 42.2 Å². The van der Waals surface area contributed by atoms with Gasteiger partial charge in [0.1, 0.15) is 18.8 Å². The van der Waals surface area contributed by atoms with Gasteiger partial charge in [0.05, 0.1) is 17.5 Å². The Balaban J connectivity index is 1.27. The average Bonchev–Trinajstić information content (AvgIpc) is 3.71. The van der Waals surface area contributed by atoms with Crippen LogP contribution in [-0.4, -0.2) is 42.0 Å². The SMILES string of the molecule is CCc1cccc2c1NC(=O)[C@@]21N[C@H](Cc2c[nH]c3ccccc23)[C@H]2C(=O)N(c3ccc4c(c3)OCCO4)C(=O)[C@H]21. The van der Waals surface area contributed by atoms with Gasteiger partial charge >= 0.3 is 0 Å². The highest BCUT2D eigenvalue weighted by atomic mass is 16.6. The molecule has 1 aromatic heterocycles. The van der Waals surface area contributed by atoms with Crippen molar-refractivity contribution in [3.05, 3.63) is 83.6 Å².